The van der Waals surface area contributed by atoms with Crippen LogP contribution in [0.4, 0.5) is 65.1 Å². The molecule has 2 aromatic carbocycles. The largest absolute Gasteiger partial charge is 0.480 e. The number of halogens is 11. The van der Waals surface area contributed by atoms with Crippen molar-refractivity contribution < 1.29 is 109 Å². The molecule has 3 atom stereocenters. The number of aromatic nitrogens is 6. The van der Waals surface area contributed by atoms with Crippen molar-refractivity contribution in [1.82, 2.24) is 39.7 Å². The van der Waals surface area contributed by atoms with E-state index >= 15 is 17.6 Å². The molecule has 4 N–H and O–H groups in total. The van der Waals surface area contributed by atoms with Gasteiger partial charge in [-0.15, -0.1) is 0 Å². The van der Waals surface area contributed by atoms with Gasteiger partial charge >= 0.3 is 38.3 Å². The normalized spacial score (nSPS) is 16.2. The number of alkyl halides is 8. The summed E-state index contributed by atoms with van der Waals surface area (Å²) < 4.78 is 223. The molecule has 4 heterocycles. The summed E-state index contributed by atoms with van der Waals surface area (Å²) in [6, 6.07) is 5.35. The number of phosphoric acid groups is 1. The summed E-state index contributed by atoms with van der Waals surface area (Å²) in [5.74, 6) is -13.8. The second-order valence-electron chi connectivity index (χ2n) is 21.7. The number of carboxylic acid groups (broad SMARTS) is 1. The summed E-state index contributed by atoms with van der Waals surface area (Å²) in [6.07, 6.45) is -11.1. The van der Waals surface area contributed by atoms with Crippen LogP contribution in [0.25, 0.3) is 22.0 Å². The number of carboxylic acids is 1. The summed E-state index contributed by atoms with van der Waals surface area (Å²) >= 11 is 6.79. The molecule has 4 amide bonds. The summed E-state index contributed by atoms with van der Waals surface area (Å²) in [6.45, 7) is -4.15. The van der Waals surface area contributed by atoms with Gasteiger partial charge in [-0.05, 0) is 87.8 Å². The average Bonchev–Trinajstić information content (AvgIpc) is 1.54. The van der Waals surface area contributed by atoms with Crippen molar-refractivity contribution in [2.45, 2.75) is 101 Å². The van der Waals surface area contributed by atoms with Gasteiger partial charge in [0.25, 0.3) is 5.92 Å². The number of nitrogens with one attached hydrogen (secondary N) is 1. The number of ether oxygens (including phenoxy) is 1. The first kappa shape index (κ1) is 68.4. The third-order valence-electron chi connectivity index (χ3n) is 14.9. The highest BCUT2D eigenvalue weighted by atomic mass is 35.5. The Balaban J connectivity index is 1.30. The van der Waals surface area contributed by atoms with Crippen molar-refractivity contribution in [3.8, 4) is 11.1 Å². The van der Waals surface area contributed by atoms with E-state index in [1.54, 1.807) is 0 Å². The molecule has 38 heteroatoms. The molecule has 0 aliphatic heterocycles. The number of sulfonamides is 1. The lowest BCUT2D eigenvalue weighted by Gasteiger charge is -2.34. The van der Waals surface area contributed by atoms with Crippen molar-refractivity contribution >= 4 is 85.8 Å². The molecular weight excluding hydrogens is 1310 g/mol. The molecule has 0 saturated heterocycles. The van der Waals surface area contributed by atoms with E-state index in [0.717, 1.165) is 49.8 Å². The number of hydrogen-bond donors (Lipinski definition) is 4. The Morgan fingerprint density at radius 1 is 0.922 bits per heavy atom. The molecule has 0 unspecified atom stereocenters. The second-order valence-corrected chi connectivity index (χ2v) is 27.8. The Bertz CT molecular complexity index is 4110. The lowest BCUT2D eigenvalue weighted by Crippen LogP contribution is -2.46. The third kappa shape index (κ3) is 14.8. The van der Waals surface area contributed by atoms with E-state index in [0.29, 0.717) is 22.1 Å². The minimum Gasteiger partial charge on any atom is -0.480 e. The summed E-state index contributed by atoms with van der Waals surface area (Å²) in [5.41, 5.74) is -6.24. The number of aryl methyl sites for hydroxylation is 1. The highest BCUT2D eigenvalue weighted by Gasteiger charge is 2.64. The smallest absolute Gasteiger partial charge is 0.472 e. The van der Waals surface area contributed by atoms with Crippen LogP contribution in [0.1, 0.15) is 84.5 Å². The number of phosphoric ester groups is 1. The van der Waals surface area contributed by atoms with Crippen LogP contribution in [0, 0.1) is 17.6 Å². The first-order valence-corrected chi connectivity index (χ1v) is 31.9. The number of amides is 4. The monoisotopic (exact) mass is 1360 g/mol. The fourth-order valence-electron chi connectivity index (χ4n) is 10.4. The Hall–Kier alpha value is -7.50. The number of carbonyl (C=O) groups is 4. The summed E-state index contributed by atoms with van der Waals surface area (Å²) in [5, 5.41) is 18.1. The number of carbonyl (C=O) groups excluding carboxylic acids is 3. The Morgan fingerprint density at radius 2 is 1.58 bits per heavy atom. The maximum atomic E-state index is 16.0. The molecule has 2 aliphatic carbocycles. The van der Waals surface area contributed by atoms with Gasteiger partial charge in [-0.3, -0.25) is 33.7 Å². The fourth-order valence-corrected chi connectivity index (χ4v) is 12.2. The van der Waals surface area contributed by atoms with E-state index in [2.05, 4.69) is 29.8 Å². The average molecular weight is 1360 g/mol. The van der Waals surface area contributed by atoms with Gasteiger partial charge in [0.2, 0.25) is 22.7 Å². The first-order chi connectivity index (χ1) is 41.5. The predicted molar refractivity (Wildman–Crippen MR) is 297 cm³/mol. The van der Waals surface area contributed by atoms with E-state index < -0.39 is 199 Å². The maximum Gasteiger partial charge on any atom is 0.472 e. The van der Waals surface area contributed by atoms with Crippen LogP contribution in [-0.2, 0) is 87.9 Å². The number of sulfone groups is 1. The van der Waals surface area contributed by atoms with Gasteiger partial charge in [-0.1, -0.05) is 29.8 Å². The number of benzene rings is 2. The maximum absolute atomic E-state index is 16.0. The van der Waals surface area contributed by atoms with Crippen molar-refractivity contribution in [1.29, 1.82) is 0 Å². The standard InChI is InChI=1S/C52H52ClF10N10O14PS2/c1-49(2,89(4,82)83)15-14-30-8-9-31(41(65-30)36(19-26-17-28(54)20-29(55)18-26)66-37(74)22-71-44-39(43(67-71)52(61,62)63)33-10-12-34(33)51(44,59)60)32-11-13-35(53)40-42(32)72(24-50(56,57)58)68-46(40)73(90(5,84)85)47(77)69(3)45-27(7-6-16-64-45)21-70(23-38(75)76)48(78)86-25-87-88(79,80)81/h6-9,11,13,16-18,20,33-34,36H,10,12,14-15,19,21-25H2,1-5H3,(H,66,74)(H,75,76)(H2,79,80,81)/t33-,34+,36-/m0/s1. The van der Waals surface area contributed by atoms with Crippen LogP contribution in [0.2, 0.25) is 5.02 Å². The van der Waals surface area contributed by atoms with Crippen LogP contribution in [0.3, 0.4) is 0 Å². The molecule has 24 nitrogen and oxygen atoms in total. The Kier molecular flexibility index (Phi) is 19.0. The van der Waals surface area contributed by atoms with E-state index in [1.165, 1.54) is 32.0 Å². The van der Waals surface area contributed by atoms with Gasteiger partial charge in [-0.2, -0.15) is 49.6 Å². The predicted octanol–water partition coefficient (Wildman–Crippen LogP) is 8.77. The number of pyridine rings is 2. The van der Waals surface area contributed by atoms with Gasteiger partial charge < -0.3 is 24.9 Å². The summed E-state index contributed by atoms with van der Waals surface area (Å²) in [4.78, 5) is 81.9. The quantitative estimate of drug-likeness (QED) is 0.0280. The highest BCUT2D eigenvalue weighted by molar-refractivity contribution is 7.93. The van der Waals surface area contributed by atoms with Crippen LogP contribution < -0.4 is 14.5 Å². The second kappa shape index (κ2) is 24.9. The van der Waals surface area contributed by atoms with Gasteiger partial charge in [0.15, 0.2) is 21.3 Å². The molecule has 8 rings (SSSR count). The minimum absolute atomic E-state index is 0.0256. The zero-order valence-corrected chi connectivity index (χ0v) is 50.6. The molecular formula is C52H52ClF10N10O14PS2. The number of anilines is 2. The SMILES string of the molecule is CN(C(=O)N(c1nn(CC(F)(F)F)c2c(-c3ccc(CCC(C)(C)S(C)(=O)=O)nc3[C@H](Cc3cc(F)cc(F)c3)NC(=O)Cn3nc(C(F)(F)F)c4c3C(F)(F)[C@@H]3CC[C@H]43)ccc(Cl)c12)S(C)(=O)=O)c1ncccc1CN(CC(=O)O)C(=O)OCOP(=O)(O)O. The molecule has 2 aliphatic rings. The Morgan fingerprint density at radius 3 is 2.16 bits per heavy atom. The van der Waals surface area contributed by atoms with E-state index in [-0.39, 0.29) is 61.7 Å². The van der Waals surface area contributed by atoms with E-state index in [4.69, 9.17) is 26.4 Å². The van der Waals surface area contributed by atoms with Gasteiger partial charge in [-0.25, -0.2) is 49.3 Å². The van der Waals surface area contributed by atoms with E-state index in [9.17, 15) is 72.0 Å². The summed E-state index contributed by atoms with van der Waals surface area (Å²) in [7, 11) is -13.3. The zero-order valence-electron chi connectivity index (χ0n) is 47.4. The molecule has 1 fully saturated rings. The zero-order chi connectivity index (χ0) is 66.8. The molecule has 0 spiro atoms. The highest BCUT2D eigenvalue weighted by Crippen LogP contribution is 2.64. The number of fused-ring (bicyclic) bond motifs is 4. The molecule has 0 radical (unpaired) electrons. The molecule has 90 heavy (non-hydrogen) atoms. The molecule has 6 aromatic rings. The van der Waals surface area contributed by atoms with Crippen molar-refractivity contribution in [3.05, 3.63) is 117 Å². The van der Waals surface area contributed by atoms with Gasteiger partial charge in [0.1, 0.15) is 42.8 Å². The first-order valence-electron chi connectivity index (χ1n) is 26.3. The Labute approximate surface area is 508 Å². The number of nitrogens with zero attached hydrogens (tertiary/aromatic N) is 9. The molecule has 488 valence electrons. The number of aliphatic carboxylic acids is 1. The lowest BCUT2D eigenvalue weighted by atomic mass is 9.73. The van der Waals surface area contributed by atoms with E-state index in [1.807, 2.05) is 0 Å². The van der Waals surface area contributed by atoms with Crippen molar-refractivity contribution in [3.63, 3.8) is 0 Å². The van der Waals surface area contributed by atoms with Crippen LogP contribution in [0.5, 0.6) is 0 Å². The molecule has 4 aromatic heterocycles. The molecule has 1 saturated carbocycles. The van der Waals surface area contributed by atoms with Crippen LogP contribution in [-0.4, -0.2) is 134 Å². The topological polar surface area (TPSA) is 316 Å². The fraction of sp³-hybridized carbons (Fsp3) is 0.423. The number of rotatable bonds is 22. The lowest BCUT2D eigenvalue weighted by molar-refractivity contribution is -0.144. The van der Waals surface area contributed by atoms with Crippen molar-refractivity contribution in [2.24, 2.45) is 5.92 Å². The van der Waals surface area contributed by atoms with Gasteiger partial charge in [0, 0.05) is 59.4 Å². The number of hydrogen-bond acceptors (Lipinski definition) is 15. The third-order valence-corrected chi connectivity index (χ3v) is 18.9. The van der Waals surface area contributed by atoms with Gasteiger partial charge in [0.05, 0.1) is 45.2 Å². The van der Waals surface area contributed by atoms with Crippen LogP contribution >= 0.6 is 19.4 Å². The van der Waals surface area contributed by atoms with Crippen LogP contribution in [0.15, 0.2) is 60.8 Å². The molecule has 0 bridgehead atoms. The number of urea groups is 1. The van der Waals surface area contributed by atoms with Crippen molar-refractivity contribution in [2.75, 3.05) is 42.1 Å². The minimum atomic E-state index is -5.28.